The Morgan fingerprint density at radius 3 is 2.65 bits per heavy atom. The molecule has 186 valence electrons. The minimum atomic E-state index is -2.58. The zero-order chi connectivity index (χ0) is 24.5. The molecule has 1 saturated heterocycles. The molecule has 2 aromatic rings. The first kappa shape index (κ1) is 25.8. The third kappa shape index (κ3) is 6.83. The maximum absolute atomic E-state index is 13.8. The molecular formula is C24H35F2N7O. The van der Waals surface area contributed by atoms with Gasteiger partial charge in [-0.1, -0.05) is 25.5 Å². The zero-order valence-corrected chi connectivity index (χ0v) is 19.8. The molecule has 0 spiro atoms. The predicted molar refractivity (Wildman–Crippen MR) is 132 cm³/mol. The van der Waals surface area contributed by atoms with Gasteiger partial charge in [0.1, 0.15) is 11.4 Å². The summed E-state index contributed by atoms with van der Waals surface area (Å²) in [7, 11) is 0. The Balaban J connectivity index is 1.78. The number of aromatic nitrogens is 2. The van der Waals surface area contributed by atoms with E-state index in [0.29, 0.717) is 36.7 Å². The number of anilines is 3. The number of benzene rings is 1. The third-order valence-corrected chi connectivity index (χ3v) is 5.95. The maximum Gasteiger partial charge on any atom is 0.264 e. The van der Waals surface area contributed by atoms with Gasteiger partial charge in [0.25, 0.3) is 6.43 Å². The highest BCUT2D eigenvalue weighted by atomic mass is 19.3. The minimum absolute atomic E-state index is 0.00149. The number of aliphatic hydroxyl groups excluding tert-OH is 1. The number of hydrogen-bond donors (Lipinski definition) is 3. The van der Waals surface area contributed by atoms with Crippen molar-refractivity contribution in [3.8, 4) is 0 Å². The van der Waals surface area contributed by atoms with Crippen LogP contribution in [0.5, 0.6) is 0 Å². The van der Waals surface area contributed by atoms with E-state index in [0.717, 1.165) is 44.3 Å². The number of unbranched alkanes of at least 4 members (excludes halogenated alkanes) is 1. The Hall–Kier alpha value is -2.85. The van der Waals surface area contributed by atoms with E-state index in [1.807, 2.05) is 11.0 Å². The average Bonchev–Trinajstić information content (AvgIpc) is 3.32. The Labute approximate surface area is 199 Å². The molecule has 8 nitrogen and oxygen atoms in total. The summed E-state index contributed by atoms with van der Waals surface area (Å²) in [4.78, 5) is 16.9. The van der Waals surface area contributed by atoms with Gasteiger partial charge in [-0.05, 0) is 49.5 Å². The van der Waals surface area contributed by atoms with Crippen molar-refractivity contribution in [2.75, 3.05) is 49.2 Å². The van der Waals surface area contributed by atoms with Crippen LogP contribution in [0.3, 0.4) is 0 Å². The molecule has 1 aliphatic rings. The summed E-state index contributed by atoms with van der Waals surface area (Å²) < 4.78 is 27.5. The number of halogens is 2. The molecule has 34 heavy (non-hydrogen) atoms. The number of hydrogen-bond acceptors (Lipinski definition) is 8. The molecule has 0 bridgehead atoms. The molecule has 2 heterocycles. The summed E-state index contributed by atoms with van der Waals surface area (Å²) in [5.74, 6) is 0.473. The van der Waals surface area contributed by atoms with E-state index in [9.17, 15) is 13.9 Å². The van der Waals surface area contributed by atoms with Crippen LogP contribution in [-0.2, 0) is 13.1 Å². The van der Waals surface area contributed by atoms with Crippen molar-refractivity contribution in [3.05, 3.63) is 40.6 Å². The van der Waals surface area contributed by atoms with E-state index < -0.39 is 6.43 Å². The van der Waals surface area contributed by atoms with E-state index in [1.54, 1.807) is 12.1 Å². The Morgan fingerprint density at radius 1 is 1.21 bits per heavy atom. The van der Waals surface area contributed by atoms with Crippen LogP contribution < -0.4 is 16.4 Å². The molecule has 0 amide bonds. The van der Waals surface area contributed by atoms with E-state index in [1.165, 1.54) is 6.21 Å². The molecule has 0 radical (unpaired) electrons. The van der Waals surface area contributed by atoms with E-state index in [2.05, 4.69) is 26.8 Å². The summed E-state index contributed by atoms with van der Waals surface area (Å²) in [6, 6.07) is 5.20. The van der Waals surface area contributed by atoms with Gasteiger partial charge < -0.3 is 21.5 Å². The zero-order valence-electron chi connectivity index (χ0n) is 19.8. The molecule has 1 aromatic carbocycles. The lowest BCUT2D eigenvalue weighted by molar-refractivity contribution is 0.150. The number of aliphatic imine (C=N–C) groups is 1. The number of likely N-dealkylation sites (tertiary alicyclic amines) is 1. The summed E-state index contributed by atoms with van der Waals surface area (Å²) >= 11 is 0. The van der Waals surface area contributed by atoms with Crippen molar-refractivity contribution in [2.45, 2.75) is 52.1 Å². The van der Waals surface area contributed by atoms with Gasteiger partial charge >= 0.3 is 0 Å². The SMILES string of the molecule is CCCCN(CCO)c1nc(N)nc(C=NCc2ccc(CN3CCCC3)cc2C(F)F)c1N. The fourth-order valence-corrected chi connectivity index (χ4v) is 4.14. The molecule has 0 atom stereocenters. The number of nitrogen functional groups attached to an aromatic ring is 2. The largest absolute Gasteiger partial charge is 0.395 e. The van der Waals surface area contributed by atoms with Crippen LogP contribution in [0.1, 0.15) is 61.4 Å². The summed E-state index contributed by atoms with van der Waals surface area (Å²) in [5, 5.41) is 9.42. The summed E-state index contributed by atoms with van der Waals surface area (Å²) in [6.45, 7) is 5.81. The van der Waals surface area contributed by atoms with Gasteiger partial charge in [0.2, 0.25) is 5.95 Å². The standard InChI is InChI=1S/C24H35F2N7O/c1-2-3-10-33(11-12-34)23-21(27)20(30-24(28)31-23)15-29-14-18-7-6-17(13-19(18)22(25)26)16-32-8-4-5-9-32/h6-7,13,15,22,34H,2-5,8-12,14,16,27H2,1H3,(H2,28,30,31). The molecule has 0 unspecified atom stereocenters. The first-order valence-electron chi connectivity index (χ1n) is 11.8. The summed E-state index contributed by atoms with van der Waals surface area (Å²) in [5.41, 5.74) is 14.1. The quantitative estimate of drug-likeness (QED) is 0.403. The highest BCUT2D eigenvalue weighted by Crippen LogP contribution is 2.27. The second-order valence-electron chi connectivity index (χ2n) is 8.56. The van der Waals surface area contributed by atoms with Crippen molar-refractivity contribution < 1.29 is 13.9 Å². The second-order valence-corrected chi connectivity index (χ2v) is 8.56. The van der Waals surface area contributed by atoms with E-state index in [4.69, 9.17) is 11.5 Å². The van der Waals surface area contributed by atoms with Gasteiger partial charge in [-0.15, -0.1) is 0 Å². The van der Waals surface area contributed by atoms with Crippen molar-refractivity contribution >= 4 is 23.7 Å². The van der Waals surface area contributed by atoms with Crippen molar-refractivity contribution in [2.24, 2.45) is 4.99 Å². The number of nitrogens with two attached hydrogens (primary N) is 2. The number of rotatable bonds is 12. The lowest BCUT2D eigenvalue weighted by atomic mass is 10.0. The van der Waals surface area contributed by atoms with Crippen LogP contribution in [0.15, 0.2) is 23.2 Å². The lowest BCUT2D eigenvalue weighted by Gasteiger charge is -2.24. The fraction of sp³-hybridized carbons (Fsp3) is 0.542. The van der Waals surface area contributed by atoms with Crippen molar-refractivity contribution in [1.29, 1.82) is 0 Å². The highest BCUT2D eigenvalue weighted by molar-refractivity contribution is 5.89. The van der Waals surface area contributed by atoms with E-state index >= 15 is 0 Å². The van der Waals surface area contributed by atoms with Gasteiger partial charge in [0, 0.05) is 31.4 Å². The van der Waals surface area contributed by atoms with Crippen LogP contribution >= 0.6 is 0 Å². The van der Waals surface area contributed by atoms with Crippen LogP contribution in [0.4, 0.5) is 26.2 Å². The van der Waals surface area contributed by atoms with Crippen LogP contribution in [0, 0.1) is 0 Å². The molecule has 0 saturated carbocycles. The second kappa shape index (κ2) is 12.6. The fourth-order valence-electron chi connectivity index (χ4n) is 4.14. The van der Waals surface area contributed by atoms with Crippen LogP contribution in [-0.4, -0.2) is 59.0 Å². The third-order valence-electron chi connectivity index (χ3n) is 5.95. The van der Waals surface area contributed by atoms with Gasteiger partial charge in [-0.3, -0.25) is 9.89 Å². The number of aliphatic hydroxyl groups is 1. The first-order valence-corrected chi connectivity index (χ1v) is 11.8. The summed E-state index contributed by atoms with van der Waals surface area (Å²) in [6.07, 6.45) is 3.05. The minimum Gasteiger partial charge on any atom is -0.395 e. The number of nitrogens with zero attached hydrogens (tertiary/aromatic N) is 5. The Morgan fingerprint density at radius 2 is 1.97 bits per heavy atom. The maximum atomic E-state index is 13.8. The normalized spacial score (nSPS) is 14.5. The van der Waals surface area contributed by atoms with E-state index in [-0.39, 0.29) is 30.4 Å². The Kier molecular flexibility index (Phi) is 9.52. The van der Waals surface area contributed by atoms with Gasteiger partial charge in [-0.2, -0.15) is 4.98 Å². The molecule has 1 fully saturated rings. The predicted octanol–water partition coefficient (Wildman–Crippen LogP) is 3.39. The topological polar surface area (TPSA) is 117 Å². The first-order chi connectivity index (χ1) is 16.4. The molecule has 1 aliphatic heterocycles. The van der Waals surface area contributed by atoms with Gasteiger partial charge in [-0.25, -0.2) is 13.8 Å². The van der Waals surface area contributed by atoms with Crippen molar-refractivity contribution in [3.63, 3.8) is 0 Å². The van der Waals surface area contributed by atoms with Crippen molar-refractivity contribution in [1.82, 2.24) is 14.9 Å². The highest BCUT2D eigenvalue weighted by Gasteiger charge is 2.18. The smallest absolute Gasteiger partial charge is 0.264 e. The molecule has 3 rings (SSSR count). The molecule has 0 aliphatic carbocycles. The monoisotopic (exact) mass is 475 g/mol. The molecule has 1 aromatic heterocycles. The van der Waals surface area contributed by atoms with Crippen LogP contribution in [0.25, 0.3) is 0 Å². The molecule has 5 N–H and O–H groups in total. The lowest BCUT2D eigenvalue weighted by Crippen LogP contribution is -2.30. The average molecular weight is 476 g/mol. The van der Waals surface area contributed by atoms with Gasteiger partial charge in [0.15, 0.2) is 5.82 Å². The van der Waals surface area contributed by atoms with Crippen LogP contribution in [0.2, 0.25) is 0 Å². The Bertz CT molecular complexity index is 965. The molecular weight excluding hydrogens is 440 g/mol. The van der Waals surface area contributed by atoms with Gasteiger partial charge in [0.05, 0.1) is 13.2 Å². The molecule has 10 heteroatoms. The number of alkyl halides is 2.